The summed E-state index contributed by atoms with van der Waals surface area (Å²) in [4.78, 5) is 13.5. The van der Waals surface area contributed by atoms with Gasteiger partial charge in [-0.3, -0.25) is 4.98 Å². The normalized spacial score (nSPS) is 11.5. The van der Waals surface area contributed by atoms with Crippen molar-refractivity contribution in [3.63, 3.8) is 0 Å². The minimum absolute atomic E-state index is 0.0488. The molecule has 0 spiro atoms. The van der Waals surface area contributed by atoms with Crippen LogP contribution in [0.15, 0.2) is 24.4 Å². The first-order chi connectivity index (χ1) is 9.90. The summed E-state index contributed by atoms with van der Waals surface area (Å²) < 4.78 is 0. The Morgan fingerprint density at radius 1 is 1.19 bits per heavy atom. The van der Waals surface area contributed by atoms with Gasteiger partial charge in [-0.05, 0) is 18.6 Å². The topological polar surface area (TPSA) is 50.7 Å². The van der Waals surface area contributed by atoms with Crippen LogP contribution in [0.2, 0.25) is 5.02 Å². The molecule has 0 aliphatic rings. The molecule has 2 rings (SSSR count). The highest BCUT2D eigenvalue weighted by Gasteiger charge is 2.18. The molecule has 112 valence electrons. The molecule has 0 aliphatic carbocycles. The van der Waals surface area contributed by atoms with E-state index in [1.165, 1.54) is 0 Å². The van der Waals surface area contributed by atoms with E-state index in [0.717, 1.165) is 30.2 Å². The predicted octanol–water partition coefficient (Wildman–Crippen LogP) is 4.31. The highest BCUT2D eigenvalue weighted by Crippen LogP contribution is 2.25. The Labute approximate surface area is 131 Å². The van der Waals surface area contributed by atoms with Gasteiger partial charge in [0.25, 0.3) is 0 Å². The molecule has 0 amide bonds. The molecule has 0 bridgehead atoms. The third-order valence-electron chi connectivity index (χ3n) is 3.01. The summed E-state index contributed by atoms with van der Waals surface area (Å²) in [7, 11) is 0. The Hall–Kier alpha value is -1.68. The lowest BCUT2D eigenvalue weighted by Crippen LogP contribution is -2.16. The first-order valence-corrected chi connectivity index (χ1v) is 7.53. The second-order valence-electron chi connectivity index (χ2n) is 6.00. The van der Waals surface area contributed by atoms with Crippen LogP contribution in [0.5, 0.6) is 0 Å². The molecule has 0 saturated carbocycles. The number of hydrogen-bond acceptors (Lipinski definition) is 4. The van der Waals surface area contributed by atoms with Crippen molar-refractivity contribution in [3.8, 4) is 11.5 Å². The van der Waals surface area contributed by atoms with E-state index < -0.39 is 0 Å². The Morgan fingerprint density at radius 2 is 1.95 bits per heavy atom. The van der Waals surface area contributed by atoms with E-state index in [1.54, 1.807) is 12.3 Å². The van der Waals surface area contributed by atoms with Gasteiger partial charge in [0.05, 0.1) is 10.7 Å². The summed E-state index contributed by atoms with van der Waals surface area (Å²) in [5, 5.41) is 3.93. The van der Waals surface area contributed by atoms with Gasteiger partial charge in [0.15, 0.2) is 5.82 Å². The largest absolute Gasteiger partial charge is 0.370 e. The number of anilines is 1. The molecular weight excluding hydrogens is 284 g/mol. The Morgan fingerprint density at radius 3 is 2.52 bits per heavy atom. The van der Waals surface area contributed by atoms with Crippen LogP contribution in [-0.4, -0.2) is 21.5 Å². The fraction of sp³-hybridized carbons (Fsp3) is 0.438. The average Bonchev–Trinajstić information content (AvgIpc) is 2.44. The summed E-state index contributed by atoms with van der Waals surface area (Å²) in [5.74, 6) is 1.46. The lowest BCUT2D eigenvalue weighted by atomic mass is 9.92. The Bertz CT molecular complexity index is 603. The van der Waals surface area contributed by atoms with Crippen molar-refractivity contribution in [1.82, 2.24) is 15.0 Å². The predicted molar refractivity (Wildman–Crippen MR) is 87.8 cm³/mol. The highest BCUT2D eigenvalue weighted by atomic mass is 35.5. The van der Waals surface area contributed by atoms with Crippen LogP contribution in [0.3, 0.4) is 0 Å². The van der Waals surface area contributed by atoms with Crippen molar-refractivity contribution in [2.24, 2.45) is 0 Å². The Kier molecular flexibility index (Phi) is 4.78. The zero-order valence-electron chi connectivity index (χ0n) is 12.9. The van der Waals surface area contributed by atoms with Gasteiger partial charge in [0, 0.05) is 24.2 Å². The van der Waals surface area contributed by atoms with Crippen LogP contribution in [-0.2, 0) is 5.41 Å². The van der Waals surface area contributed by atoms with E-state index in [4.69, 9.17) is 11.6 Å². The third kappa shape index (κ3) is 4.14. The van der Waals surface area contributed by atoms with Crippen LogP contribution >= 0.6 is 11.6 Å². The summed E-state index contributed by atoms with van der Waals surface area (Å²) in [6.45, 7) is 9.42. The molecule has 1 N–H and O–H groups in total. The standard InChI is InChI=1S/C16H21ClN4/c1-5-8-18-14-9-13(16(2,3)4)20-15(21-14)12-7-6-11(17)10-19-12/h6-7,9-10H,5,8H2,1-4H3,(H,18,20,21). The fourth-order valence-electron chi connectivity index (χ4n) is 1.80. The highest BCUT2D eigenvalue weighted by molar-refractivity contribution is 6.30. The quantitative estimate of drug-likeness (QED) is 0.914. The van der Waals surface area contributed by atoms with Crippen LogP contribution in [0.4, 0.5) is 5.82 Å². The first-order valence-electron chi connectivity index (χ1n) is 7.15. The van der Waals surface area contributed by atoms with Gasteiger partial charge >= 0.3 is 0 Å². The van der Waals surface area contributed by atoms with Crippen molar-refractivity contribution in [2.75, 3.05) is 11.9 Å². The summed E-state index contributed by atoms with van der Waals surface area (Å²) in [6, 6.07) is 5.65. The monoisotopic (exact) mass is 304 g/mol. The maximum Gasteiger partial charge on any atom is 0.180 e. The minimum Gasteiger partial charge on any atom is -0.370 e. The fourth-order valence-corrected chi connectivity index (χ4v) is 1.91. The van der Waals surface area contributed by atoms with Crippen molar-refractivity contribution < 1.29 is 0 Å². The van der Waals surface area contributed by atoms with Crippen molar-refractivity contribution >= 4 is 17.4 Å². The van der Waals surface area contributed by atoms with Gasteiger partial charge in [0.1, 0.15) is 11.5 Å². The summed E-state index contributed by atoms with van der Waals surface area (Å²) in [5.41, 5.74) is 1.67. The number of pyridine rings is 1. The average molecular weight is 305 g/mol. The van der Waals surface area contributed by atoms with E-state index in [-0.39, 0.29) is 5.41 Å². The van der Waals surface area contributed by atoms with Crippen molar-refractivity contribution in [2.45, 2.75) is 39.5 Å². The van der Waals surface area contributed by atoms with Gasteiger partial charge in [-0.1, -0.05) is 39.3 Å². The molecule has 2 aromatic rings. The third-order valence-corrected chi connectivity index (χ3v) is 3.23. The molecule has 5 heteroatoms. The molecule has 2 heterocycles. The second kappa shape index (κ2) is 6.39. The molecule has 0 unspecified atom stereocenters. The minimum atomic E-state index is -0.0488. The Balaban J connectivity index is 2.46. The van der Waals surface area contributed by atoms with E-state index in [0.29, 0.717) is 10.8 Å². The lowest BCUT2D eigenvalue weighted by molar-refractivity contribution is 0.568. The molecular formula is C16H21ClN4. The molecule has 2 aromatic heterocycles. The maximum absolute atomic E-state index is 5.89. The number of halogens is 1. The lowest BCUT2D eigenvalue weighted by Gasteiger charge is -2.19. The van der Waals surface area contributed by atoms with Crippen LogP contribution in [0.1, 0.15) is 39.8 Å². The molecule has 0 saturated heterocycles. The SMILES string of the molecule is CCCNc1cc(C(C)(C)C)nc(-c2ccc(Cl)cn2)n1. The first kappa shape index (κ1) is 15.7. The van der Waals surface area contributed by atoms with Gasteiger partial charge in [-0.15, -0.1) is 0 Å². The zero-order valence-corrected chi connectivity index (χ0v) is 13.7. The van der Waals surface area contributed by atoms with Crippen molar-refractivity contribution in [1.29, 1.82) is 0 Å². The second-order valence-corrected chi connectivity index (χ2v) is 6.44. The van der Waals surface area contributed by atoms with Crippen LogP contribution < -0.4 is 5.32 Å². The molecule has 21 heavy (non-hydrogen) atoms. The van der Waals surface area contributed by atoms with E-state index >= 15 is 0 Å². The zero-order chi connectivity index (χ0) is 15.5. The molecule has 0 aromatic carbocycles. The van der Waals surface area contributed by atoms with E-state index in [2.05, 4.69) is 48.0 Å². The summed E-state index contributed by atoms with van der Waals surface area (Å²) in [6.07, 6.45) is 2.66. The molecule has 0 fully saturated rings. The number of nitrogens with one attached hydrogen (secondary N) is 1. The number of nitrogens with zero attached hydrogens (tertiary/aromatic N) is 3. The van der Waals surface area contributed by atoms with Gasteiger partial charge in [-0.25, -0.2) is 9.97 Å². The van der Waals surface area contributed by atoms with Crippen LogP contribution in [0, 0.1) is 0 Å². The maximum atomic E-state index is 5.89. The molecule has 4 nitrogen and oxygen atoms in total. The smallest absolute Gasteiger partial charge is 0.180 e. The van der Waals surface area contributed by atoms with Crippen LogP contribution in [0.25, 0.3) is 11.5 Å². The number of rotatable bonds is 4. The number of hydrogen-bond donors (Lipinski definition) is 1. The molecule has 0 radical (unpaired) electrons. The van der Waals surface area contributed by atoms with Gasteiger partial charge in [0.2, 0.25) is 0 Å². The molecule has 0 atom stereocenters. The molecule has 0 aliphatic heterocycles. The van der Waals surface area contributed by atoms with Gasteiger partial charge < -0.3 is 5.32 Å². The summed E-state index contributed by atoms with van der Waals surface area (Å²) >= 11 is 5.89. The van der Waals surface area contributed by atoms with E-state index in [9.17, 15) is 0 Å². The number of aromatic nitrogens is 3. The van der Waals surface area contributed by atoms with E-state index in [1.807, 2.05) is 12.1 Å². The van der Waals surface area contributed by atoms with Gasteiger partial charge in [-0.2, -0.15) is 0 Å². The van der Waals surface area contributed by atoms with Crippen molar-refractivity contribution in [3.05, 3.63) is 35.1 Å².